The molecule has 4 rings (SSSR count). The highest BCUT2D eigenvalue weighted by atomic mass is 32.1. The Balaban J connectivity index is 1.67. The topological polar surface area (TPSA) is 98.2 Å². The monoisotopic (exact) mass is 423 g/mol. The van der Waals surface area contributed by atoms with Gasteiger partial charge in [-0.3, -0.25) is 9.59 Å². The van der Waals surface area contributed by atoms with Gasteiger partial charge < -0.3 is 15.6 Å². The smallest absolute Gasteiger partial charge is 0.262 e. The highest BCUT2D eigenvalue weighted by Crippen LogP contribution is 2.41. The third-order valence-electron chi connectivity index (χ3n) is 5.67. The van der Waals surface area contributed by atoms with E-state index in [2.05, 4.69) is 17.4 Å². The molecular formula is C23H25N3O3S. The van der Waals surface area contributed by atoms with E-state index in [1.165, 1.54) is 17.8 Å². The van der Waals surface area contributed by atoms with E-state index in [0.717, 1.165) is 41.7 Å². The number of fused-ring (bicyclic) bond motifs is 1. The van der Waals surface area contributed by atoms with Crippen LogP contribution in [-0.4, -0.2) is 17.0 Å². The van der Waals surface area contributed by atoms with Crippen LogP contribution in [-0.2, 0) is 12.8 Å². The number of hydrogen-bond acceptors (Lipinski definition) is 5. The van der Waals surface area contributed by atoms with E-state index < -0.39 is 5.91 Å². The second-order valence-corrected chi connectivity index (χ2v) is 8.86. The first-order valence-electron chi connectivity index (χ1n) is 10.3. The van der Waals surface area contributed by atoms with Crippen LogP contribution in [0, 0.1) is 12.8 Å². The van der Waals surface area contributed by atoms with Gasteiger partial charge in [-0.05, 0) is 37.7 Å². The number of anilines is 1. The number of primary amides is 1. The molecule has 0 fully saturated rings. The Bertz CT molecular complexity index is 1080. The van der Waals surface area contributed by atoms with Crippen LogP contribution >= 0.6 is 11.3 Å². The zero-order chi connectivity index (χ0) is 21.3. The lowest BCUT2D eigenvalue weighted by molar-refractivity contribution is 0.1000. The van der Waals surface area contributed by atoms with Crippen molar-refractivity contribution in [3.63, 3.8) is 0 Å². The fourth-order valence-corrected chi connectivity index (χ4v) is 5.62. The lowest BCUT2D eigenvalue weighted by atomic mass is 9.84. The van der Waals surface area contributed by atoms with Crippen molar-refractivity contribution < 1.29 is 14.1 Å². The molecule has 1 atom stereocenters. The number of nitrogens with zero attached hydrogens (tertiary/aromatic N) is 1. The summed E-state index contributed by atoms with van der Waals surface area (Å²) in [5.74, 6) is 0.201. The summed E-state index contributed by atoms with van der Waals surface area (Å²) in [6.07, 6.45) is 5.13. The molecule has 0 bridgehead atoms. The van der Waals surface area contributed by atoms with Gasteiger partial charge >= 0.3 is 0 Å². The summed E-state index contributed by atoms with van der Waals surface area (Å²) in [5.41, 5.74) is 8.80. The Kier molecular flexibility index (Phi) is 5.72. The van der Waals surface area contributed by atoms with Gasteiger partial charge in [-0.2, -0.15) is 0 Å². The first-order valence-corrected chi connectivity index (χ1v) is 11.1. The molecule has 6 nitrogen and oxygen atoms in total. The van der Waals surface area contributed by atoms with E-state index in [0.29, 0.717) is 33.5 Å². The molecular weight excluding hydrogens is 398 g/mol. The zero-order valence-corrected chi connectivity index (χ0v) is 18.0. The van der Waals surface area contributed by atoms with Gasteiger partial charge in [0.15, 0.2) is 0 Å². The maximum absolute atomic E-state index is 13.2. The summed E-state index contributed by atoms with van der Waals surface area (Å²) in [6.45, 7) is 3.90. The van der Waals surface area contributed by atoms with Gasteiger partial charge in [-0.15, -0.1) is 11.3 Å². The average Bonchev–Trinajstić information content (AvgIpc) is 3.28. The van der Waals surface area contributed by atoms with Gasteiger partial charge in [0.1, 0.15) is 22.0 Å². The first-order chi connectivity index (χ1) is 14.5. The summed E-state index contributed by atoms with van der Waals surface area (Å²) < 4.78 is 5.31. The Labute approximate surface area is 179 Å². The number of nitrogens with two attached hydrogens (primary N) is 1. The van der Waals surface area contributed by atoms with Crippen LogP contribution in [0.5, 0.6) is 0 Å². The highest BCUT2D eigenvalue weighted by Gasteiger charge is 2.30. The molecule has 0 saturated carbocycles. The molecule has 2 amide bonds. The Morgan fingerprint density at radius 1 is 1.27 bits per heavy atom. The van der Waals surface area contributed by atoms with Crippen LogP contribution in [0.4, 0.5) is 5.00 Å². The van der Waals surface area contributed by atoms with Crippen LogP contribution in [0.1, 0.15) is 63.1 Å². The molecule has 2 heterocycles. The number of thiophene rings is 1. The predicted octanol–water partition coefficient (Wildman–Crippen LogP) is 4.97. The minimum atomic E-state index is -0.498. The summed E-state index contributed by atoms with van der Waals surface area (Å²) in [5, 5.41) is 7.53. The Hall–Kier alpha value is -2.93. The molecule has 0 radical (unpaired) electrons. The average molecular weight is 424 g/mol. The van der Waals surface area contributed by atoms with Crippen molar-refractivity contribution in [3.05, 3.63) is 57.7 Å². The van der Waals surface area contributed by atoms with Gasteiger partial charge in [0.25, 0.3) is 11.8 Å². The van der Waals surface area contributed by atoms with E-state index in [9.17, 15) is 9.59 Å². The summed E-state index contributed by atoms with van der Waals surface area (Å²) in [6, 6.07) is 9.41. The van der Waals surface area contributed by atoms with E-state index in [-0.39, 0.29) is 5.91 Å². The van der Waals surface area contributed by atoms with Crippen LogP contribution in [0.2, 0.25) is 0 Å². The second-order valence-electron chi connectivity index (χ2n) is 7.75. The molecule has 0 aliphatic heterocycles. The molecule has 3 aromatic rings. The number of carbonyl (C=O) groups excluding carboxylic acids is 2. The standard InChI is InChI=1S/C23H25N3O3S/c1-3-7-14-10-11-16-17(12-14)30-23(19(16)21(24)27)25-22(28)18-13(2)29-26-20(18)15-8-5-4-6-9-15/h4-6,8-9,14H,3,7,10-12H2,1-2H3,(H2,24,27)(H,25,28)/t14-/m1/s1. The molecule has 1 aromatic carbocycles. The summed E-state index contributed by atoms with van der Waals surface area (Å²) in [4.78, 5) is 26.6. The van der Waals surface area contributed by atoms with Gasteiger partial charge in [0.05, 0.1) is 5.56 Å². The fourth-order valence-electron chi connectivity index (χ4n) is 4.26. The van der Waals surface area contributed by atoms with Gasteiger partial charge in [0, 0.05) is 10.4 Å². The van der Waals surface area contributed by atoms with Gasteiger partial charge in [0.2, 0.25) is 0 Å². The number of nitrogens with one attached hydrogen (secondary N) is 1. The van der Waals surface area contributed by atoms with Gasteiger partial charge in [-0.25, -0.2) is 0 Å². The quantitative estimate of drug-likeness (QED) is 0.585. The minimum Gasteiger partial charge on any atom is -0.365 e. The number of carbonyl (C=O) groups is 2. The van der Waals surface area contributed by atoms with Crippen LogP contribution in [0.25, 0.3) is 11.3 Å². The first kappa shape index (κ1) is 20.3. The molecule has 3 N–H and O–H groups in total. The van der Waals surface area contributed by atoms with Crippen LogP contribution in [0.3, 0.4) is 0 Å². The fraction of sp³-hybridized carbons (Fsp3) is 0.348. The maximum Gasteiger partial charge on any atom is 0.262 e. The number of hydrogen-bond donors (Lipinski definition) is 2. The van der Waals surface area contributed by atoms with Crippen molar-refractivity contribution in [1.29, 1.82) is 0 Å². The molecule has 30 heavy (non-hydrogen) atoms. The largest absolute Gasteiger partial charge is 0.365 e. The third-order valence-corrected chi connectivity index (χ3v) is 6.84. The summed E-state index contributed by atoms with van der Waals surface area (Å²) in [7, 11) is 0. The molecule has 2 aromatic heterocycles. The lowest BCUT2D eigenvalue weighted by Gasteiger charge is -2.21. The van der Waals surface area contributed by atoms with Crippen molar-refractivity contribution in [2.24, 2.45) is 11.7 Å². The van der Waals surface area contributed by atoms with Gasteiger partial charge in [-0.1, -0.05) is 55.3 Å². The third kappa shape index (κ3) is 3.77. The van der Waals surface area contributed by atoms with E-state index in [1.807, 2.05) is 30.3 Å². The molecule has 0 saturated heterocycles. The van der Waals surface area contributed by atoms with Crippen LogP contribution in [0.15, 0.2) is 34.9 Å². The number of aromatic nitrogens is 1. The van der Waals surface area contributed by atoms with Crippen molar-refractivity contribution in [2.45, 2.75) is 46.0 Å². The van der Waals surface area contributed by atoms with Crippen LogP contribution < -0.4 is 11.1 Å². The number of amides is 2. The molecule has 1 aliphatic rings. The highest BCUT2D eigenvalue weighted by molar-refractivity contribution is 7.17. The SMILES string of the molecule is CCC[C@@H]1CCc2c(sc(NC(=O)c3c(-c4ccccc4)noc3C)c2C(N)=O)C1. The molecule has 156 valence electrons. The predicted molar refractivity (Wildman–Crippen MR) is 118 cm³/mol. The van der Waals surface area contributed by atoms with Crippen molar-refractivity contribution in [3.8, 4) is 11.3 Å². The van der Waals surface area contributed by atoms with E-state index >= 15 is 0 Å². The van der Waals surface area contributed by atoms with Crippen molar-refractivity contribution in [2.75, 3.05) is 5.32 Å². The molecule has 0 unspecified atom stereocenters. The maximum atomic E-state index is 13.2. The molecule has 7 heteroatoms. The van der Waals surface area contributed by atoms with Crippen molar-refractivity contribution in [1.82, 2.24) is 5.16 Å². The van der Waals surface area contributed by atoms with E-state index in [1.54, 1.807) is 6.92 Å². The van der Waals surface area contributed by atoms with Crippen molar-refractivity contribution >= 4 is 28.2 Å². The second kappa shape index (κ2) is 8.44. The Morgan fingerprint density at radius 3 is 2.73 bits per heavy atom. The molecule has 0 spiro atoms. The Morgan fingerprint density at radius 2 is 2.03 bits per heavy atom. The van der Waals surface area contributed by atoms with E-state index in [4.69, 9.17) is 10.3 Å². The number of rotatable bonds is 6. The summed E-state index contributed by atoms with van der Waals surface area (Å²) >= 11 is 1.47. The number of benzene rings is 1. The minimum absolute atomic E-state index is 0.348. The lowest BCUT2D eigenvalue weighted by Crippen LogP contribution is -2.20. The molecule has 1 aliphatic carbocycles. The number of aryl methyl sites for hydroxylation is 1. The normalized spacial score (nSPS) is 15.6. The zero-order valence-electron chi connectivity index (χ0n) is 17.2.